The van der Waals surface area contributed by atoms with Gasteiger partial charge < -0.3 is 10.5 Å². The number of anilines is 2. The zero-order valence-electron chi connectivity index (χ0n) is 12.1. The molecule has 0 amide bonds. The molecule has 1 heterocycles. The van der Waals surface area contributed by atoms with Gasteiger partial charge in [-0.2, -0.15) is 5.10 Å². The molecule has 0 aliphatic rings. The van der Waals surface area contributed by atoms with Crippen molar-refractivity contribution in [1.82, 2.24) is 9.78 Å². The third kappa shape index (κ3) is 3.27. The molecule has 8 heteroatoms. The minimum Gasteiger partial charge on any atom is -0.495 e. The Labute approximate surface area is 123 Å². The second kappa shape index (κ2) is 5.65. The number of hydrogen-bond acceptors (Lipinski definition) is 5. The molecule has 3 N–H and O–H groups in total. The van der Waals surface area contributed by atoms with E-state index in [2.05, 4.69) is 9.82 Å². The summed E-state index contributed by atoms with van der Waals surface area (Å²) in [5.74, 6) is 0.230. The first kappa shape index (κ1) is 15.2. The summed E-state index contributed by atoms with van der Waals surface area (Å²) in [7, 11) is -2.40. The Morgan fingerprint density at radius 2 is 2.10 bits per heavy atom. The van der Waals surface area contributed by atoms with Gasteiger partial charge in [-0.05, 0) is 32.0 Å². The van der Waals surface area contributed by atoms with Crippen molar-refractivity contribution in [1.29, 1.82) is 0 Å². The van der Waals surface area contributed by atoms with Crippen molar-refractivity contribution in [3.63, 3.8) is 0 Å². The van der Waals surface area contributed by atoms with Gasteiger partial charge in [0.1, 0.15) is 10.6 Å². The van der Waals surface area contributed by atoms with Crippen molar-refractivity contribution >= 4 is 21.4 Å². The molecule has 0 radical (unpaired) electrons. The van der Waals surface area contributed by atoms with E-state index in [-0.39, 0.29) is 16.7 Å². The number of nitrogen functional groups attached to an aromatic ring is 1. The molecule has 0 unspecified atom stereocenters. The fourth-order valence-electron chi connectivity index (χ4n) is 1.79. The second-order valence-electron chi connectivity index (χ2n) is 4.82. The van der Waals surface area contributed by atoms with E-state index in [1.807, 2.05) is 13.8 Å². The number of rotatable bonds is 5. The Hall–Kier alpha value is -2.22. The average molecular weight is 310 g/mol. The summed E-state index contributed by atoms with van der Waals surface area (Å²) in [5, 5.41) is 4.09. The van der Waals surface area contributed by atoms with E-state index in [4.69, 9.17) is 10.5 Å². The number of nitrogens with zero attached hydrogens (tertiary/aromatic N) is 2. The molecule has 1 aromatic heterocycles. The predicted octanol–water partition coefficient (Wildman–Crippen LogP) is 1.86. The molecule has 21 heavy (non-hydrogen) atoms. The van der Waals surface area contributed by atoms with E-state index in [1.165, 1.54) is 25.4 Å². The maximum atomic E-state index is 12.4. The molecule has 0 bridgehead atoms. The molecule has 0 atom stereocenters. The van der Waals surface area contributed by atoms with Crippen molar-refractivity contribution in [2.75, 3.05) is 17.6 Å². The molecule has 2 rings (SSSR count). The Bertz CT molecular complexity index is 738. The largest absolute Gasteiger partial charge is 0.495 e. The molecule has 0 aliphatic carbocycles. The smallest absolute Gasteiger partial charge is 0.265 e. The minimum atomic E-state index is -3.80. The minimum absolute atomic E-state index is 0.0118. The average Bonchev–Trinajstić information content (AvgIpc) is 2.86. The van der Waals surface area contributed by atoms with Crippen LogP contribution in [0.1, 0.15) is 19.9 Å². The summed E-state index contributed by atoms with van der Waals surface area (Å²) in [6.07, 6.45) is 3.08. The van der Waals surface area contributed by atoms with E-state index in [0.29, 0.717) is 11.4 Å². The number of nitrogens with one attached hydrogen (secondary N) is 1. The number of aromatic nitrogens is 2. The number of ether oxygens (including phenoxy) is 1. The molecule has 0 spiro atoms. The van der Waals surface area contributed by atoms with Crippen LogP contribution in [0.15, 0.2) is 35.5 Å². The summed E-state index contributed by atoms with van der Waals surface area (Å²) < 4.78 is 34.1. The number of benzene rings is 1. The molecule has 0 saturated heterocycles. The van der Waals surface area contributed by atoms with Crippen LogP contribution in [0.4, 0.5) is 11.4 Å². The number of nitrogens with two attached hydrogens (primary N) is 1. The first-order chi connectivity index (χ1) is 9.83. The Kier molecular flexibility index (Phi) is 4.08. The SMILES string of the molecule is COc1ccc(N)cc1S(=O)(=O)Nc1cnn(C(C)C)c1. The van der Waals surface area contributed by atoms with Gasteiger partial charge >= 0.3 is 0 Å². The summed E-state index contributed by atoms with van der Waals surface area (Å²) >= 11 is 0. The molecule has 2 aromatic rings. The molecule has 1 aromatic carbocycles. The first-order valence-electron chi connectivity index (χ1n) is 6.34. The normalized spacial score (nSPS) is 11.6. The monoisotopic (exact) mass is 310 g/mol. The van der Waals surface area contributed by atoms with Crippen LogP contribution in [0.3, 0.4) is 0 Å². The molecular weight excluding hydrogens is 292 g/mol. The van der Waals surface area contributed by atoms with Gasteiger partial charge in [-0.1, -0.05) is 0 Å². The Balaban J connectivity index is 2.35. The van der Waals surface area contributed by atoms with Crippen LogP contribution in [-0.2, 0) is 10.0 Å². The van der Waals surface area contributed by atoms with Gasteiger partial charge in [-0.3, -0.25) is 9.40 Å². The Morgan fingerprint density at radius 1 is 1.38 bits per heavy atom. The third-order valence-corrected chi connectivity index (χ3v) is 4.26. The lowest BCUT2D eigenvalue weighted by molar-refractivity contribution is 0.403. The zero-order valence-corrected chi connectivity index (χ0v) is 12.9. The quantitative estimate of drug-likeness (QED) is 0.821. The van der Waals surface area contributed by atoms with E-state index in [9.17, 15) is 8.42 Å². The maximum absolute atomic E-state index is 12.4. The van der Waals surface area contributed by atoms with Gasteiger partial charge in [0.05, 0.1) is 19.0 Å². The highest BCUT2D eigenvalue weighted by atomic mass is 32.2. The van der Waals surface area contributed by atoms with Crippen molar-refractivity contribution < 1.29 is 13.2 Å². The van der Waals surface area contributed by atoms with E-state index in [1.54, 1.807) is 16.9 Å². The van der Waals surface area contributed by atoms with Gasteiger partial charge in [0, 0.05) is 17.9 Å². The number of hydrogen-bond donors (Lipinski definition) is 2. The van der Waals surface area contributed by atoms with E-state index in [0.717, 1.165) is 0 Å². The highest BCUT2D eigenvalue weighted by molar-refractivity contribution is 7.92. The summed E-state index contributed by atoms with van der Waals surface area (Å²) in [4.78, 5) is -0.0118. The van der Waals surface area contributed by atoms with Crippen molar-refractivity contribution in [2.45, 2.75) is 24.8 Å². The van der Waals surface area contributed by atoms with Crippen LogP contribution in [0.5, 0.6) is 5.75 Å². The van der Waals surface area contributed by atoms with Gasteiger partial charge in [0.15, 0.2) is 0 Å². The van der Waals surface area contributed by atoms with Gasteiger partial charge in [-0.15, -0.1) is 0 Å². The third-order valence-electron chi connectivity index (χ3n) is 2.86. The van der Waals surface area contributed by atoms with Gasteiger partial charge in [0.2, 0.25) is 0 Å². The fourth-order valence-corrected chi connectivity index (χ4v) is 3.02. The summed E-state index contributed by atoms with van der Waals surface area (Å²) in [6.45, 7) is 3.90. The zero-order chi connectivity index (χ0) is 15.6. The molecule has 0 aliphatic heterocycles. The van der Waals surface area contributed by atoms with Crippen LogP contribution < -0.4 is 15.2 Å². The van der Waals surface area contributed by atoms with Crippen LogP contribution in [0, 0.1) is 0 Å². The standard InChI is InChI=1S/C13H18N4O3S/c1-9(2)17-8-11(7-15-17)16-21(18,19)13-6-10(14)4-5-12(13)20-3/h4-9,16H,14H2,1-3H3. The topological polar surface area (TPSA) is 99.2 Å². The second-order valence-corrected chi connectivity index (χ2v) is 6.47. The van der Waals surface area contributed by atoms with Crippen molar-refractivity contribution in [2.24, 2.45) is 0 Å². The highest BCUT2D eigenvalue weighted by Gasteiger charge is 2.20. The number of sulfonamides is 1. The van der Waals surface area contributed by atoms with Crippen molar-refractivity contribution in [3.05, 3.63) is 30.6 Å². The van der Waals surface area contributed by atoms with E-state index >= 15 is 0 Å². The lowest BCUT2D eigenvalue weighted by Crippen LogP contribution is -2.14. The van der Waals surface area contributed by atoms with Gasteiger partial charge in [-0.25, -0.2) is 8.42 Å². The molecule has 0 fully saturated rings. The summed E-state index contributed by atoms with van der Waals surface area (Å²) in [6, 6.07) is 4.59. The van der Waals surface area contributed by atoms with Crippen LogP contribution in [0.25, 0.3) is 0 Å². The highest BCUT2D eigenvalue weighted by Crippen LogP contribution is 2.27. The molecule has 0 saturated carbocycles. The molecule has 114 valence electrons. The first-order valence-corrected chi connectivity index (χ1v) is 7.82. The van der Waals surface area contributed by atoms with Gasteiger partial charge in [0.25, 0.3) is 10.0 Å². The van der Waals surface area contributed by atoms with E-state index < -0.39 is 10.0 Å². The molecular formula is C13H18N4O3S. The lowest BCUT2D eigenvalue weighted by Gasteiger charge is -2.11. The predicted molar refractivity (Wildman–Crippen MR) is 80.8 cm³/mol. The number of methoxy groups -OCH3 is 1. The van der Waals surface area contributed by atoms with Crippen LogP contribution in [-0.4, -0.2) is 25.3 Å². The summed E-state index contributed by atoms with van der Waals surface area (Å²) in [5.41, 5.74) is 6.38. The molecule has 7 nitrogen and oxygen atoms in total. The fraction of sp³-hybridized carbons (Fsp3) is 0.308. The van der Waals surface area contributed by atoms with Crippen LogP contribution in [0.2, 0.25) is 0 Å². The maximum Gasteiger partial charge on any atom is 0.265 e. The van der Waals surface area contributed by atoms with Crippen LogP contribution >= 0.6 is 0 Å². The Morgan fingerprint density at radius 3 is 2.67 bits per heavy atom. The van der Waals surface area contributed by atoms with Crippen molar-refractivity contribution in [3.8, 4) is 5.75 Å². The lowest BCUT2D eigenvalue weighted by atomic mass is 10.3.